The van der Waals surface area contributed by atoms with E-state index in [9.17, 15) is 4.57 Å². The Bertz CT molecular complexity index is 149. The van der Waals surface area contributed by atoms with E-state index in [0.717, 1.165) is 6.42 Å². The summed E-state index contributed by atoms with van der Waals surface area (Å²) in [6.45, 7) is 1.96. The maximum absolute atomic E-state index is 9.81. The van der Waals surface area contributed by atoms with Crippen molar-refractivity contribution in [3.63, 3.8) is 0 Å². The summed E-state index contributed by atoms with van der Waals surface area (Å²) < 4.78 is 13.7. The quantitative estimate of drug-likeness (QED) is 0.289. The Kier molecular flexibility index (Phi) is 10.2. The van der Waals surface area contributed by atoms with E-state index in [-0.39, 0.29) is 19.3 Å². The second kappa shape index (κ2) is 8.58. The summed E-state index contributed by atoms with van der Waals surface area (Å²) in [4.78, 5) is 16.0. The third-order valence-corrected chi connectivity index (χ3v) is 1.37. The first-order valence-corrected chi connectivity index (χ1v) is 5.27. The molecule has 13 heavy (non-hydrogen) atoms. The van der Waals surface area contributed by atoms with E-state index in [4.69, 9.17) is 27.0 Å². The molecule has 0 atom stereocenters. The number of hydrogen-bond acceptors (Lipinski definition) is 5. The van der Waals surface area contributed by atoms with Gasteiger partial charge in [-0.3, -0.25) is 4.52 Å². The molecule has 7 nitrogen and oxygen atoms in total. The van der Waals surface area contributed by atoms with Gasteiger partial charge in [-0.1, -0.05) is 6.92 Å². The van der Waals surface area contributed by atoms with Crippen LogP contribution in [-0.2, 0) is 9.09 Å². The first-order valence-electron chi connectivity index (χ1n) is 3.74. The summed E-state index contributed by atoms with van der Waals surface area (Å²) in [7, 11) is -4.26. The molecule has 0 bridgehead atoms. The molecule has 8 heteroatoms. The van der Waals surface area contributed by atoms with Crippen LogP contribution in [0.4, 0.5) is 0 Å². The lowest BCUT2D eigenvalue weighted by atomic mass is 10.4. The fourth-order valence-corrected chi connectivity index (χ4v) is 0.515. The summed E-state index contributed by atoms with van der Waals surface area (Å²) in [6.07, 6.45) is 0.745. The molecule has 0 amide bonds. The summed E-state index contributed by atoms with van der Waals surface area (Å²) in [6, 6.07) is 0. The third-order valence-electron chi connectivity index (χ3n) is 0.849. The van der Waals surface area contributed by atoms with Crippen molar-refractivity contribution in [2.24, 2.45) is 17.2 Å². The molecule has 0 spiro atoms. The molecule has 0 aromatic heterocycles. The molecule has 82 valence electrons. The summed E-state index contributed by atoms with van der Waals surface area (Å²) in [5.41, 5.74) is 15.0. The van der Waals surface area contributed by atoms with Gasteiger partial charge >= 0.3 is 7.82 Å². The highest BCUT2D eigenvalue weighted by Gasteiger charge is 2.11. The maximum atomic E-state index is 9.81. The number of rotatable bonds is 4. The van der Waals surface area contributed by atoms with Crippen molar-refractivity contribution in [3.05, 3.63) is 0 Å². The molecule has 0 fully saturated rings. The van der Waals surface area contributed by atoms with Crippen molar-refractivity contribution in [1.82, 2.24) is 0 Å². The molecule has 0 saturated heterocycles. The van der Waals surface area contributed by atoms with Crippen LogP contribution < -0.4 is 17.2 Å². The molecule has 0 aliphatic rings. The zero-order chi connectivity index (χ0) is 10.9. The van der Waals surface area contributed by atoms with Crippen molar-refractivity contribution < 1.29 is 18.9 Å². The van der Waals surface area contributed by atoms with Gasteiger partial charge in [-0.25, -0.2) is 4.57 Å². The van der Waals surface area contributed by atoms with Gasteiger partial charge < -0.3 is 27.0 Å². The van der Waals surface area contributed by atoms with Gasteiger partial charge in [0.05, 0.1) is 12.8 Å². The van der Waals surface area contributed by atoms with E-state index < -0.39 is 7.82 Å². The standard InChI is InChI=1S/C3H10N2.C2H8NO4P/c1-2-3(4)5;3-1-2-7-8(4,5)6/h3H,2,4-5H2,1H3;1-3H2,(H2,4,5,6). The number of hydrogen-bond donors (Lipinski definition) is 5. The second-order valence-corrected chi connectivity index (χ2v) is 3.42. The van der Waals surface area contributed by atoms with Crippen LogP contribution in [0.15, 0.2) is 0 Å². The van der Waals surface area contributed by atoms with Crippen molar-refractivity contribution in [1.29, 1.82) is 0 Å². The van der Waals surface area contributed by atoms with Crippen LogP contribution >= 0.6 is 7.82 Å². The monoisotopic (exact) mass is 215 g/mol. The molecule has 0 aliphatic carbocycles. The summed E-state index contributed by atoms with van der Waals surface area (Å²) in [5.74, 6) is 0. The van der Waals surface area contributed by atoms with Gasteiger partial charge in [-0.2, -0.15) is 0 Å². The van der Waals surface area contributed by atoms with Gasteiger partial charge in [0, 0.05) is 6.54 Å². The molecule has 0 unspecified atom stereocenters. The molecule has 0 aliphatic heterocycles. The maximum Gasteiger partial charge on any atom is 0.469 e. The Morgan fingerprint density at radius 2 is 1.85 bits per heavy atom. The lowest BCUT2D eigenvalue weighted by Crippen LogP contribution is -2.28. The Labute approximate surface area is 77.5 Å². The van der Waals surface area contributed by atoms with Crippen LogP contribution in [0, 0.1) is 0 Å². The molecular weight excluding hydrogens is 197 g/mol. The van der Waals surface area contributed by atoms with E-state index in [2.05, 4.69) is 4.52 Å². The Morgan fingerprint density at radius 3 is 1.92 bits per heavy atom. The van der Waals surface area contributed by atoms with Crippen LogP contribution in [0.3, 0.4) is 0 Å². The predicted molar refractivity (Wildman–Crippen MR) is 49.5 cm³/mol. The first kappa shape index (κ1) is 15.5. The number of phosphoric acid groups is 1. The first-order chi connectivity index (χ1) is 5.83. The molecule has 8 N–H and O–H groups in total. The summed E-state index contributed by atoms with van der Waals surface area (Å²) >= 11 is 0. The highest BCUT2D eigenvalue weighted by molar-refractivity contribution is 7.46. The van der Waals surface area contributed by atoms with E-state index in [1.54, 1.807) is 0 Å². The Morgan fingerprint density at radius 1 is 1.46 bits per heavy atom. The van der Waals surface area contributed by atoms with Crippen molar-refractivity contribution in [2.75, 3.05) is 13.2 Å². The normalized spacial score (nSPS) is 11.0. The minimum absolute atomic E-state index is 0.107. The van der Waals surface area contributed by atoms with Crippen LogP contribution in [0.5, 0.6) is 0 Å². The second-order valence-electron chi connectivity index (χ2n) is 2.18. The van der Waals surface area contributed by atoms with Crippen LogP contribution in [-0.4, -0.2) is 29.1 Å². The van der Waals surface area contributed by atoms with Crippen molar-refractivity contribution >= 4 is 7.82 Å². The molecule has 0 aromatic rings. The van der Waals surface area contributed by atoms with Gasteiger partial charge in [0.25, 0.3) is 0 Å². The van der Waals surface area contributed by atoms with E-state index in [0.29, 0.717) is 0 Å². The Hall–Kier alpha value is -0.0100. The van der Waals surface area contributed by atoms with Crippen LogP contribution in [0.2, 0.25) is 0 Å². The fraction of sp³-hybridized carbons (Fsp3) is 1.00. The third kappa shape index (κ3) is 24.5. The van der Waals surface area contributed by atoms with Crippen molar-refractivity contribution in [2.45, 2.75) is 19.5 Å². The zero-order valence-corrected chi connectivity index (χ0v) is 8.48. The predicted octanol–water partition coefficient (Wildman–Crippen LogP) is -1.31. The van der Waals surface area contributed by atoms with E-state index in [1.807, 2.05) is 6.92 Å². The van der Waals surface area contributed by atoms with Gasteiger partial charge in [0.1, 0.15) is 0 Å². The van der Waals surface area contributed by atoms with Crippen LogP contribution in [0.25, 0.3) is 0 Å². The van der Waals surface area contributed by atoms with Gasteiger partial charge in [0.15, 0.2) is 0 Å². The average Bonchev–Trinajstić information content (AvgIpc) is 2.00. The molecular formula is C5H18N3O4P. The lowest BCUT2D eigenvalue weighted by Gasteiger charge is -2.00. The van der Waals surface area contributed by atoms with Gasteiger partial charge in [0.2, 0.25) is 0 Å². The average molecular weight is 215 g/mol. The van der Waals surface area contributed by atoms with E-state index in [1.165, 1.54) is 0 Å². The Balaban J connectivity index is 0. The SMILES string of the molecule is CCC(N)N.NCCOP(=O)(O)O. The topological polar surface area (TPSA) is 145 Å². The molecule has 0 saturated carbocycles. The number of nitrogens with two attached hydrogens (primary N) is 3. The van der Waals surface area contributed by atoms with Gasteiger partial charge in [-0.05, 0) is 6.42 Å². The summed E-state index contributed by atoms with van der Waals surface area (Å²) in [5, 5.41) is 0. The van der Waals surface area contributed by atoms with Gasteiger partial charge in [-0.15, -0.1) is 0 Å². The molecule has 0 radical (unpaired) electrons. The zero-order valence-electron chi connectivity index (χ0n) is 7.59. The van der Waals surface area contributed by atoms with E-state index >= 15 is 0 Å². The fourth-order valence-electron chi connectivity index (χ4n) is 0.172. The van der Waals surface area contributed by atoms with Crippen LogP contribution in [0.1, 0.15) is 13.3 Å². The molecule has 0 rings (SSSR count). The smallest absolute Gasteiger partial charge is 0.328 e. The van der Waals surface area contributed by atoms with Crippen molar-refractivity contribution in [3.8, 4) is 0 Å². The lowest BCUT2D eigenvalue weighted by molar-refractivity contribution is 0.202. The molecule has 0 heterocycles. The highest BCUT2D eigenvalue weighted by atomic mass is 31.2. The minimum Gasteiger partial charge on any atom is -0.328 e. The minimum atomic E-state index is -4.26. The largest absolute Gasteiger partial charge is 0.469 e. The molecule has 0 aromatic carbocycles. The highest BCUT2D eigenvalue weighted by Crippen LogP contribution is 2.34. The number of phosphoric ester groups is 1.